The third-order valence-corrected chi connectivity index (χ3v) is 3.04. The summed E-state index contributed by atoms with van der Waals surface area (Å²) in [4.78, 5) is 10.8. The standard InChI is InChI=1S/C9H17NO2/c1-9(2,8(11)12)7(10)6-4-3-5-6/h6-7H,3-5,10H2,1-2H3,(H,11,12). The number of carbonyl (C=O) groups is 1. The molecule has 0 aromatic rings. The Bertz CT molecular complexity index is 185. The predicted molar refractivity (Wildman–Crippen MR) is 46.7 cm³/mol. The van der Waals surface area contributed by atoms with Gasteiger partial charge in [0.05, 0.1) is 5.41 Å². The average Bonchev–Trinajstić information content (AvgIpc) is 1.83. The minimum atomic E-state index is -0.790. The van der Waals surface area contributed by atoms with Gasteiger partial charge in [-0.2, -0.15) is 0 Å². The van der Waals surface area contributed by atoms with Crippen LogP contribution in [-0.4, -0.2) is 17.1 Å². The molecule has 0 heterocycles. The van der Waals surface area contributed by atoms with Crippen molar-refractivity contribution in [1.82, 2.24) is 0 Å². The van der Waals surface area contributed by atoms with Crippen molar-refractivity contribution in [2.75, 3.05) is 0 Å². The quantitative estimate of drug-likeness (QED) is 0.671. The van der Waals surface area contributed by atoms with E-state index in [0.717, 1.165) is 12.8 Å². The van der Waals surface area contributed by atoms with Crippen molar-refractivity contribution in [3.8, 4) is 0 Å². The summed E-state index contributed by atoms with van der Waals surface area (Å²) in [6, 6.07) is -0.191. The Balaban J connectivity index is 2.59. The van der Waals surface area contributed by atoms with Gasteiger partial charge in [-0.3, -0.25) is 4.79 Å². The Morgan fingerprint density at radius 3 is 2.33 bits per heavy atom. The van der Waals surface area contributed by atoms with Crippen LogP contribution >= 0.6 is 0 Å². The van der Waals surface area contributed by atoms with Gasteiger partial charge in [0.2, 0.25) is 0 Å². The first-order chi connectivity index (χ1) is 5.46. The Kier molecular flexibility index (Phi) is 2.42. The lowest BCUT2D eigenvalue weighted by atomic mass is 9.69. The van der Waals surface area contributed by atoms with Crippen LogP contribution in [0.15, 0.2) is 0 Å². The molecule has 0 aromatic heterocycles. The van der Waals surface area contributed by atoms with Gasteiger partial charge in [0.25, 0.3) is 0 Å². The zero-order valence-electron chi connectivity index (χ0n) is 7.71. The molecule has 3 heteroatoms. The van der Waals surface area contributed by atoms with Gasteiger partial charge < -0.3 is 10.8 Å². The molecule has 1 fully saturated rings. The summed E-state index contributed by atoms with van der Waals surface area (Å²) in [6.45, 7) is 3.41. The first kappa shape index (κ1) is 9.52. The second kappa shape index (κ2) is 3.05. The molecule has 70 valence electrons. The summed E-state index contributed by atoms with van der Waals surface area (Å²) in [5.74, 6) is -0.363. The molecule has 0 aliphatic heterocycles. The van der Waals surface area contributed by atoms with E-state index in [1.807, 2.05) is 0 Å². The normalized spacial score (nSPS) is 21.6. The van der Waals surface area contributed by atoms with E-state index in [0.29, 0.717) is 5.92 Å². The fraction of sp³-hybridized carbons (Fsp3) is 0.889. The number of carboxylic acid groups (broad SMARTS) is 1. The minimum absolute atomic E-state index is 0.191. The Morgan fingerprint density at radius 2 is 2.08 bits per heavy atom. The number of carboxylic acids is 1. The van der Waals surface area contributed by atoms with Crippen LogP contribution in [0.1, 0.15) is 33.1 Å². The third kappa shape index (κ3) is 1.46. The molecule has 1 aliphatic carbocycles. The smallest absolute Gasteiger partial charge is 0.310 e. The van der Waals surface area contributed by atoms with Crippen LogP contribution in [0.4, 0.5) is 0 Å². The van der Waals surface area contributed by atoms with E-state index < -0.39 is 11.4 Å². The van der Waals surface area contributed by atoms with E-state index in [1.54, 1.807) is 13.8 Å². The summed E-state index contributed by atoms with van der Waals surface area (Å²) < 4.78 is 0. The molecular formula is C9H17NO2. The van der Waals surface area contributed by atoms with Crippen LogP contribution in [0.5, 0.6) is 0 Å². The number of aliphatic carboxylic acids is 1. The molecule has 0 bridgehead atoms. The van der Waals surface area contributed by atoms with Crippen molar-refractivity contribution >= 4 is 5.97 Å². The molecule has 1 rings (SSSR count). The highest BCUT2D eigenvalue weighted by atomic mass is 16.4. The van der Waals surface area contributed by atoms with Crippen molar-refractivity contribution in [3.05, 3.63) is 0 Å². The number of hydrogen-bond acceptors (Lipinski definition) is 2. The van der Waals surface area contributed by atoms with E-state index in [2.05, 4.69) is 0 Å². The molecule has 12 heavy (non-hydrogen) atoms. The molecule has 1 atom stereocenters. The summed E-state index contributed by atoms with van der Waals surface area (Å²) in [6.07, 6.45) is 3.39. The Morgan fingerprint density at radius 1 is 1.58 bits per heavy atom. The van der Waals surface area contributed by atoms with Crippen LogP contribution < -0.4 is 5.73 Å². The average molecular weight is 171 g/mol. The third-order valence-electron chi connectivity index (χ3n) is 3.04. The van der Waals surface area contributed by atoms with Crippen molar-refractivity contribution in [2.24, 2.45) is 17.1 Å². The Labute approximate surface area is 72.9 Å². The van der Waals surface area contributed by atoms with Crippen LogP contribution in [0.25, 0.3) is 0 Å². The van der Waals surface area contributed by atoms with Crippen LogP contribution in [-0.2, 0) is 4.79 Å². The van der Waals surface area contributed by atoms with Gasteiger partial charge in [0, 0.05) is 6.04 Å². The highest BCUT2D eigenvalue weighted by Crippen LogP contribution is 2.36. The number of hydrogen-bond donors (Lipinski definition) is 2. The van der Waals surface area contributed by atoms with Crippen molar-refractivity contribution in [2.45, 2.75) is 39.2 Å². The van der Waals surface area contributed by atoms with Gasteiger partial charge in [-0.1, -0.05) is 6.42 Å². The monoisotopic (exact) mass is 171 g/mol. The zero-order valence-corrected chi connectivity index (χ0v) is 7.71. The maximum Gasteiger partial charge on any atom is 0.310 e. The van der Waals surface area contributed by atoms with Crippen LogP contribution in [0.3, 0.4) is 0 Å². The minimum Gasteiger partial charge on any atom is -0.481 e. The second-order valence-corrected chi connectivity index (χ2v) is 4.24. The first-order valence-corrected chi connectivity index (χ1v) is 4.45. The van der Waals surface area contributed by atoms with Gasteiger partial charge >= 0.3 is 5.97 Å². The predicted octanol–water partition coefficient (Wildman–Crippen LogP) is 1.22. The molecule has 0 amide bonds. The van der Waals surface area contributed by atoms with E-state index in [-0.39, 0.29) is 6.04 Å². The number of rotatable bonds is 3. The lowest BCUT2D eigenvalue weighted by Crippen LogP contribution is -2.49. The SMILES string of the molecule is CC(C)(C(=O)O)C(N)C1CCC1. The number of nitrogens with two attached hydrogens (primary N) is 1. The molecule has 0 radical (unpaired) electrons. The van der Waals surface area contributed by atoms with Gasteiger partial charge in [-0.15, -0.1) is 0 Å². The van der Waals surface area contributed by atoms with E-state index >= 15 is 0 Å². The molecule has 3 N–H and O–H groups in total. The van der Waals surface area contributed by atoms with Crippen molar-refractivity contribution in [1.29, 1.82) is 0 Å². The van der Waals surface area contributed by atoms with E-state index in [1.165, 1.54) is 6.42 Å². The summed E-state index contributed by atoms with van der Waals surface area (Å²) in [5, 5.41) is 8.90. The highest BCUT2D eigenvalue weighted by molar-refractivity contribution is 5.74. The zero-order chi connectivity index (χ0) is 9.35. The van der Waals surface area contributed by atoms with E-state index in [4.69, 9.17) is 10.8 Å². The van der Waals surface area contributed by atoms with Gasteiger partial charge in [0.15, 0.2) is 0 Å². The fourth-order valence-electron chi connectivity index (χ4n) is 1.53. The lowest BCUT2D eigenvalue weighted by molar-refractivity contribution is -0.149. The molecule has 0 saturated heterocycles. The summed E-state index contributed by atoms with van der Waals surface area (Å²) >= 11 is 0. The molecule has 0 aromatic carbocycles. The molecule has 0 spiro atoms. The second-order valence-electron chi connectivity index (χ2n) is 4.24. The van der Waals surface area contributed by atoms with Gasteiger partial charge in [-0.05, 0) is 32.6 Å². The van der Waals surface area contributed by atoms with Gasteiger partial charge in [-0.25, -0.2) is 0 Å². The van der Waals surface area contributed by atoms with Crippen molar-refractivity contribution < 1.29 is 9.90 Å². The maximum atomic E-state index is 10.8. The first-order valence-electron chi connectivity index (χ1n) is 4.45. The maximum absolute atomic E-state index is 10.8. The summed E-state index contributed by atoms with van der Waals surface area (Å²) in [7, 11) is 0. The molecule has 1 saturated carbocycles. The molecule has 1 aliphatic rings. The highest BCUT2D eigenvalue weighted by Gasteiger charge is 2.40. The molecular weight excluding hydrogens is 154 g/mol. The van der Waals surface area contributed by atoms with E-state index in [9.17, 15) is 4.79 Å². The topological polar surface area (TPSA) is 63.3 Å². The van der Waals surface area contributed by atoms with Crippen LogP contribution in [0, 0.1) is 11.3 Å². The largest absolute Gasteiger partial charge is 0.481 e. The fourth-order valence-corrected chi connectivity index (χ4v) is 1.53. The van der Waals surface area contributed by atoms with Crippen molar-refractivity contribution in [3.63, 3.8) is 0 Å². The van der Waals surface area contributed by atoms with Crippen LogP contribution in [0.2, 0.25) is 0 Å². The summed E-state index contributed by atoms with van der Waals surface area (Å²) in [5.41, 5.74) is 5.10. The Hall–Kier alpha value is -0.570. The molecule has 1 unspecified atom stereocenters. The lowest BCUT2D eigenvalue weighted by Gasteiger charge is -2.38. The van der Waals surface area contributed by atoms with Gasteiger partial charge in [0.1, 0.15) is 0 Å². The molecule has 3 nitrogen and oxygen atoms in total.